The zero-order valence-electron chi connectivity index (χ0n) is 13.2. The third-order valence-corrected chi connectivity index (χ3v) is 4.28. The lowest BCUT2D eigenvalue weighted by Crippen LogP contribution is -2.42. The average molecular weight is 328 g/mol. The van der Waals surface area contributed by atoms with Crippen LogP contribution in [-0.4, -0.2) is 24.1 Å². The summed E-state index contributed by atoms with van der Waals surface area (Å²) in [6.07, 6.45) is 3.38. The summed E-state index contributed by atoms with van der Waals surface area (Å²) < 4.78 is 26.8. The first kappa shape index (κ1) is 16.3. The number of benzene rings is 1. The highest BCUT2D eigenvalue weighted by Crippen LogP contribution is 2.19. The smallest absolute Gasteiger partial charge is 0.128 e. The summed E-state index contributed by atoms with van der Waals surface area (Å²) in [4.78, 5) is 6.47. The summed E-state index contributed by atoms with van der Waals surface area (Å²) >= 11 is 0. The minimum absolute atomic E-state index is 0.266. The van der Waals surface area contributed by atoms with E-state index in [9.17, 15) is 8.78 Å². The molecule has 0 radical (unpaired) electrons. The highest BCUT2D eigenvalue weighted by molar-refractivity contribution is 5.42. The molecule has 0 aliphatic carbocycles. The van der Waals surface area contributed by atoms with Crippen LogP contribution in [0.25, 0.3) is 0 Å². The van der Waals surface area contributed by atoms with Crippen LogP contribution in [0.15, 0.2) is 36.5 Å². The van der Waals surface area contributed by atoms with E-state index in [1.807, 2.05) is 6.07 Å². The number of nitriles is 1. The first-order valence-electron chi connectivity index (χ1n) is 7.94. The molecule has 1 fully saturated rings. The Labute approximate surface area is 139 Å². The molecule has 3 rings (SSSR count). The van der Waals surface area contributed by atoms with Crippen LogP contribution in [0, 0.1) is 23.0 Å². The SMILES string of the molecule is N#Cc1ccc(N2CCC(NCc3cc(F)ccc3F)CC2)nc1. The van der Waals surface area contributed by atoms with E-state index in [2.05, 4.69) is 21.3 Å². The van der Waals surface area contributed by atoms with Gasteiger partial charge in [0.05, 0.1) is 5.56 Å². The van der Waals surface area contributed by atoms with Crippen molar-refractivity contribution in [3.05, 3.63) is 59.3 Å². The lowest BCUT2D eigenvalue weighted by Gasteiger charge is -2.33. The molecule has 0 spiro atoms. The Balaban J connectivity index is 1.51. The zero-order valence-corrected chi connectivity index (χ0v) is 13.2. The molecule has 2 heterocycles. The molecule has 0 unspecified atom stereocenters. The van der Waals surface area contributed by atoms with Crippen molar-refractivity contribution < 1.29 is 8.78 Å². The predicted octanol–water partition coefficient (Wildman–Crippen LogP) is 2.99. The number of aromatic nitrogens is 1. The summed E-state index contributed by atoms with van der Waals surface area (Å²) in [6.45, 7) is 1.99. The highest BCUT2D eigenvalue weighted by atomic mass is 19.1. The molecule has 0 saturated carbocycles. The molecule has 0 bridgehead atoms. The van der Waals surface area contributed by atoms with Crippen molar-refractivity contribution in [1.29, 1.82) is 5.26 Å². The third-order valence-electron chi connectivity index (χ3n) is 4.28. The summed E-state index contributed by atoms with van der Waals surface area (Å²) in [7, 11) is 0. The van der Waals surface area contributed by atoms with E-state index in [1.54, 1.807) is 12.3 Å². The Hall–Kier alpha value is -2.52. The average Bonchev–Trinajstić information content (AvgIpc) is 2.63. The number of anilines is 1. The second kappa shape index (κ2) is 7.37. The fourth-order valence-corrected chi connectivity index (χ4v) is 2.89. The van der Waals surface area contributed by atoms with Gasteiger partial charge in [-0.15, -0.1) is 0 Å². The number of nitrogens with one attached hydrogen (secondary N) is 1. The molecule has 2 aromatic rings. The molecular formula is C18H18F2N4. The molecule has 6 heteroatoms. The second-order valence-electron chi connectivity index (χ2n) is 5.89. The van der Waals surface area contributed by atoms with Crippen molar-refractivity contribution in [1.82, 2.24) is 10.3 Å². The van der Waals surface area contributed by atoms with Gasteiger partial charge in [-0.25, -0.2) is 13.8 Å². The van der Waals surface area contributed by atoms with Gasteiger partial charge in [-0.2, -0.15) is 5.26 Å². The Morgan fingerprint density at radius 2 is 2.00 bits per heavy atom. The minimum atomic E-state index is -0.421. The van der Waals surface area contributed by atoms with E-state index < -0.39 is 5.82 Å². The first-order valence-corrected chi connectivity index (χ1v) is 7.94. The Morgan fingerprint density at radius 1 is 1.21 bits per heavy atom. The summed E-state index contributed by atoms with van der Waals surface area (Å²) in [6, 6.07) is 9.46. The molecule has 0 atom stereocenters. The molecule has 124 valence electrons. The van der Waals surface area contributed by atoms with E-state index in [1.165, 1.54) is 6.07 Å². The summed E-state index contributed by atoms with van der Waals surface area (Å²) in [5.41, 5.74) is 0.901. The quantitative estimate of drug-likeness (QED) is 0.937. The lowest BCUT2D eigenvalue weighted by atomic mass is 10.0. The van der Waals surface area contributed by atoms with Crippen LogP contribution in [0.2, 0.25) is 0 Å². The van der Waals surface area contributed by atoms with Crippen LogP contribution in [0.5, 0.6) is 0 Å². The molecular weight excluding hydrogens is 310 g/mol. The maximum absolute atomic E-state index is 13.6. The number of hydrogen-bond acceptors (Lipinski definition) is 4. The second-order valence-corrected chi connectivity index (χ2v) is 5.89. The molecule has 1 aliphatic heterocycles. The van der Waals surface area contributed by atoms with Gasteiger partial charge in [-0.3, -0.25) is 0 Å². The first-order chi connectivity index (χ1) is 11.7. The van der Waals surface area contributed by atoms with Crippen molar-refractivity contribution in [3.63, 3.8) is 0 Å². The molecule has 24 heavy (non-hydrogen) atoms. The summed E-state index contributed by atoms with van der Waals surface area (Å²) in [5.74, 6) is 0.0571. The van der Waals surface area contributed by atoms with Gasteiger partial charge in [-0.05, 0) is 43.2 Å². The van der Waals surface area contributed by atoms with E-state index in [-0.39, 0.29) is 11.9 Å². The standard InChI is InChI=1S/C18H18F2N4/c19-15-2-3-17(20)14(9-15)12-22-16-5-7-24(8-6-16)18-4-1-13(10-21)11-23-18/h1-4,9,11,16,22H,5-8,12H2. The van der Waals surface area contributed by atoms with Crippen LogP contribution >= 0.6 is 0 Å². The van der Waals surface area contributed by atoms with Crippen molar-refractivity contribution in [2.75, 3.05) is 18.0 Å². The molecule has 1 aromatic carbocycles. The predicted molar refractivity (Wildman–Crippen MR) is 87.4 cm³/mol. The fraction of sp³-hybridized carbons (Fsp3) is 0.333. The topological polar surface area (TPSA) is 52.0 Å². The molecule has 1 saturated heterocycles. The minimum Gasteiger partial charge on any atom is -0.357 e. The molecule has 4 nitrogen and oxygen atoms in total. The number of halogens is 2. The van der Waals surface area contributed by atoms with Gasteiger partial charge in [0.1, 0.15) is 23.5 Å². The maximum Gasteiger partial charge on any atom is 0.128 e. The molecule has 1 aliphatic rings. The van der Waals surface area contributed by atoms with Gasteiger partial charge in [0.25, 0.3) is 0 Å². The van der Waals surface area contributed by atoms with Gasteiger partial charge in [0.2, 0.25) is 0 Å². The van der Waals surface area contributed by atoms with Gasteiger partial charge in [0.15, 0.2) is 0 Å². The monoisotopic (exact) mass is 328 g/mol. The van der Waals surface area contributed by atoms with Crippen molar-refractivity contribution in [2.24, 2.45) is 0 Å². The normalized spacial score (nSPS) is 15.3. The van der Waals surface area contributed by atoms with Gasteiger partial charge in [0, 0.05) is 37.4 Å². The Morgan fingerprint density at radius 3 is 2.67 bits per heavy atom. The van der Waals surface area contributed by atoms with Crippen LogP contribution in [-0.2, 0) is 6.54 Å². The number of nitrogens with zero attached hydrogens (tertiary/aromatic N) is 3. The molecule has 1 aromatic heterocycles. The lowest BCUT2D eigenvalue weighted by molar-refractivity contribution is 0.408. The van der Waals surface area contributed by atoms with E-state index >= 15 is 0 Å². The summed E-state index contributed by atoms with van der Waals surface area (Å²) in [5, 5.41) is 12.1. The number of pyridine rings is 1. The Bertz CT molecular complexity index is 732. The van der Waals surface area contributed by atoms with Gasteiger partial charge < -0.3 is 10.2 Å². The van der Waals surface area contributed by atoms with E-state index in [0.29, 0.717) is 17.7 Å². The third kappa shape index (κ3) is 3.87. The van der Waals surface area contributed by atoms with Crippen molar-refractivity contribution in [2.45, 2.75) is 25.4 Å². The molecule has 0 amide bonds. The van der Waals surface area contributed by atoms with Gasteiger partial charge >= 0.3 is 0 Å². The van der Waals surface area contributed by atoms with Crippen LogP contribution in [0.1, 0.15) is 24.0 Å². The zero-order chi connectivity index (χ0) is 16.9. The van der Waals surface area contributed by atoms with E-state index in [0.717, 1.165) is 43.9 Å². The number of hydrogen-bond donors (Lipinski definition) is 1. The maximum atomic E-state index is 13.6. The molecule has 1 N–H and O–H groups in total. The van der Waals surface area contributed by atoms with E-state index in [4.69, 9.17) is 5.26 Å². The highest BCUT2D eigenvalue weighted by Gasteiger charge is 2.20. The fourth-order valence-electron chi connectivity index (χ4n) is 2.89. The number of piperidine rings is 1. The van der Waals surface area contributed by atoms with Crippen LogP contribution in [0.4, 0.5) is 14.6 Å². The largest absolute Gasteiger partial charge is 0.357 e. The van der Waals surface area contributed by atoms with Crippen molar-refractivity contribution >= 4 is 5.82 Å². The van der Waals surface area contributed by atoms with Crippen molar-refractivity contribution in [3.8, 4) is 6.07 Å². The number of rotatable bonds is 4. The van der Waals surface area contributed by atoms with Gasteiger partial charge in [-0.1, -0.05) is 0 Å². The van der Waals surface area contributed by atoms with Crippen LogP contribution in [0.3, 0.4) is 0 Å². The Kier molecular flexibility index (Phi) is 5.02. The van der Waals surface area contributed by atoms with Crippen LogP contribution < -0.4 is 10.2 Å².